The second-order valence-corrected chi connectivity index (χ2v) is 5.15. The molecule has 5 nitrogen and oxygen atoms in total. The van der Waals surface area contributed by atoms with Crippen molar-refractivity contribution >= 4 is 11.9 Å². The van der Waals surface area contributed by atoms with Gasteiger partial charge in [0.25, 0.3) is 0 Å². The summed E-state index contributed by atoms with van der Waals surface area (Å²) in [6.45, 7) is 5.08. The summed E-state index contributed by atoms with van der Waals surface area (Å²) in [5.74, 6) is -2.20. The molecule has 0 aromatic heterocycles. The van der Waals surface area contributed by atoms with Gasteiger partial charge in [0.05, 0.1) is 12.1 Å². The molecule has 1 amide bonds. The average Bonchev–Trinajstić information content (AvgIpc) is 2.26. The first-order chi connectivity index (χ1) is 9.29. The van der Waals surface area contributed by atoms with Gasteiger partial charge in [-0.2, -0.15) is 0 Å². The molecule has 0 saturated heterocycles. The molecule has 3 N–H and O–H groups in total. The molecule has 1 aromatic rings. The number of aromatic carboxylic acids is 1. The number of carboxylic acid groups (broad SMARTS) is 1. The van der Waals surface area contributed by atoms with Crippen LogP contribution in [0, 0.1) is 11.7 Å². The second kappa shape index (κ2) is 7.00. The van der Waals surface area contributed by atoms with E-state index in [4.69, 9.17) is 10.8 Å². The van der Waals surface area contributed by atoms with Crippen LogP contribution in [0.1, 0.15) is 29.8 Å². The number of benzene rings is 1. The summed E-state index contributed by atoms with van der Waals surface area (Å²) in [6.07, 6.45) is 0. The van der Waals surface area contributed by atoms with E-state index in [1.807, 2.05) is 18.7 Å². The van der Waals surface area contributed by atoms with Crippen LogP contribution in [0.4, 0.5) is 4.39 Å². The van der Waals surface area contributed by atoms with Crippen LogP contribution in [0.3, 0.4) is 0 Å². The summed E-state index contributed by atoms with van der Waals surface area (Å²) in [6, 6.07) is 3.95. The van der Waals surface area contributed by atoms with E-state index in [2.05, 4.69) is 0 Å². The molecule has 0 atom stereocenters. The molecule has 20 heavy (non-hydrogen) atoms. The summed E-state index contributed by atoms with van der Waals surface area (Å²) in [7, 11) is 0. The number of hydrogen-bond acceptors (Lipinski definition) is 3. The van der Waals surface area contributed by atoms with Gasteiger partial charge < -0.3 is 10.8 Å². The molecule has 110 valence electrons. The summed E-state index contributed by atoms with van der Waals surface area (Å²) >= 11 is 0. The van der Waals surface area contributed by atoms with Gasteiger partial charge >= 0.3 is 5.97 Å². The summed E-state index contributed by atoms with van der Waals surface area (Å²) < 4.78 is 13.6. The van der Waals surface area contributed by atoms with Crippen LogP contribution in [0.5, 0.6) is 0 Å². The summed E-state index contributed by atoms with van der Waals surface area (Å²) in [5, 5.41) is 8.76. The van der Waals surface area contributed by atoms with Gasteiger partial charge in [0.15, 0.2) is 0 Å². The van der Waals surface area contributed by atoms with Crippen LogP contribution in [0.15, 0.2) is 18.2 Å². The van der Waals surface area contributed by atoms with E-state index in [0.717, 1.165) is 0 Å². The minimum Gasteiger partial charge on any atom is -0.478 e. The fourth-order valence-corrected chi connectivity index (χ4v) is 2.01. The molecule has 0 bridgehead atoms. The molecule has 0 radical (unpaired) electrons. The number of hydrogen-bond donors (Lipinski definition) is 2. The zero-order valence-electron chi connectivity index (χ0n) is 11.6. The lowest BCUT2D eigenvalue weighted by Gasteiger charge is -2.22. The van der Waals surface area contributed by atoms with Crippen molar-refractivity contribution in [3.63, 3.8) is 0 Å². The predicted octanol–water partition coefficient (Wildman–Crippen LogP) is 1.47. The lowest BCUT2D eigenvalue weighted by Crippen LogP contribution is -2.35. The van der Waals surface area contributed by atoms with Crippen LogP contribution in [0.25, 0.3) is 0 Å². The Labute approximate surface area is 117 Å². The number of amides is 1. The third-order valence-corrected chi connectivity index (χ3v) is 2.67. The highest BCUT2D eigenvalue weighted by atomic mass is 19.1. The first kappa shape index (κ1) is 16.1. The van der Waals surface area contributed by atoms with Crippen LogP contribution >= 0.6 is 0 Å². The minimum absolute atomic E-state index is 0.0838. The lowest BCUT2D eigenvalue weighted by molar-refractivity contribution is -0.119. The topological polar surface area (TPSA) is 83.6 Å². The van der Waals surface area contributed by atoms with E-state index < -0.39 is 17.7 Å². The molecule has 0 spiro atoms. The highest BCUT2D eigenvalue weighted by molar-refractivity contribution is 5.87. The van der Waals surface area contributed by atoms with Crippen LogP contribution in [-0.2, 0) is 11.3 Å². The van der Waals surface area contributed by atoms with E-state index in [0.29, 0.717) is 24.6 Å². The number of nitrogens with zero attached hydrogens (tertiary/aromatic N) is 1. The number of primary amides is 1. The molecule has 1 aromatic carbocycles. The van der Waals surface area contributed by atoms with Crippen LogP contribution < -0.4 is 5.73 Å². The monoisotopic (exact) mass is 282 g/mol. The van der Waals surface area contributed by atoms with Gasteiger partial charge in [-0.3, -0.25) is 9.69 Å². The van der Waals surface area contributed by atoms with E-state index >= 15 is 0 Å². The molecule has 0 unspecified atom stereocenters. The van der Waals surface area contributed by atoms with Crippen molar-refractivity contribution < 1.29 is 19.1 Å². The number of carbonyl (C=O) groups excluding carboxylic acids is 1. The molecule has 0 heterocycles. The molecule has 0 saturated carbocycles. The van der Waals surface area contributed by atoms with Gasteiger partial charge in [0.2, 0.25) is 5.91 Å². The molecule has 6 heteroatoms. The lowest BCUT2D eigenvalue weighted by atomic mass is 10.1. The minimum atomic E-state index is -1.30. The Kier molecular flexibility index (Phi) is 5.64. The average molecular weight is 282 g/mol. The molecule has 1 rings (SSSR count). The van der Waals surface area contributed by atoms with Gasteiger partial charge in [-0.1, -0.05) is 19.9 Å². The van der Waals surface area contributed by atoms with Gasteiger partial charge in [-0.25, -0.2) is 9.18 Å². The highest BCUT2D eigenvalue weighted by Crippen LogP contribution is 2.13. The number of rotatable bonds is 7. The summed E-state index contributed by atoms with van der Waals surface area (Å²) in [5.41, 5.74) is 5.43. The summed E-state index contributed by atoms with van der Waals surface area (Å²) in [4.78, 5) is 23.6. The third-order valence-electron chi connectivity index (χ3n) is 2.67. The maximum Gasteiger partial charge on any atom is 0.338 e. The van der Waals surface area contributed by atoms with E-state index in [9.17, 15) is 14.0 Å². The predicted molar refractivity (Wildman–Crippen MR) is 72.7 cm³/mol. The molecule has 0 aliphatic heterocycles. The molecule has 0 aliphatic rings. The maximum absolute atomic E-state index is 13.6. The standard InChI is InChI=1S/C14H19FN2O3/c1-9(2)6-17(8-13(16)18)7-10-3-4-11(14(19)20)12(15)5-10/h3-5,9H,6-8H2,1-2H3,(H2,16,18)(H,19,20). The van der Waals surface area contributed by atoms with Crippen molar-refractivity contribution in [3.05, 3.63) is 35.1 Å². The number of carboxylic acids is 1. The van der Waals surface area contributed by atoms with Crippen LogP contribution in [0.2, 0.25) is 0 Å². The molecular formula is C14H19FN2O3. The van der Waals surface area contributed by atoms with Gasteiger partial charge in [-0.15, -0.1) is 0 Å². The van der Waals surface area contributed by atoms with E-state index in [1.54, 1.807) is 6.07 Å². The number of nitrogens with two attached hydrogens (primary N) is 1. The van der Waals surface area contributed by atoms with Crippen molar-refractivity contribution in [2.24, 2.45) is 11.7 Å². The normalized spacial score (nSPS) is 11.1. The van der Waals surface area contributed by atoms with E-state index in [1.165, 1.54) is 12.1 Å². The van der Waals surface area contributed by atoms with Crippen molar-refractivity contribution in [2.45, 2.75) is 20.4 Å². The Bertz CT molecular complexity index is 503. The second-order valence-electron chi connectivity index (χ2n) is 5.15. The first-order valence-electron chi connectivity index (χ1n) is 6.32. The third kappa shape index (κ3) is 4.97. The van der Waals surface area contributed by atoms with Gasteiger partial charge in [0.1, 0.15) is 5.82 Å². The highest BCUT2D eigenvalue weighted by Gasteiger charge is 2.14. The maximum atomic E-state index is 13.6. The van der Waals surface area contributed by atoms with Crippen molar-refractivity contribution in [2.75, 3.05) is 13.1 Å². The largest absolute Gasteiger partial charge is 0.478 e. The molecule has 0 fully saturated rings. The zero-order valence-corrected chi connectivity index (χ0v) is 11.6. The first-order valence-corrected chi connectivity index (χ1v) is 6.32. The Morgan fingerprint density at radius 3 is 2.50 bits per heavy atom. The Hall–Kier alpha value is -1.95. The SMILES string of the molecule is CC(C)CN(CC(N)=O)Cc1ccc(C(=O)O)c(F)c1. The number of carbonyl (C=O) groups is 2. The van der Waals surface area contributed by atoms with Crippen LogP contribution in [-0.4, -0.2) is 35.0 Å². The fourth-order valence-electron chi connectivity index (χ4n) is 2.01. The number of halogens is 1. The van der Waals surface area contributed by atoms with Gasteiger partial charge in [0, 0.05) is 13.1 Å². The Morgan fingerprint density at radius 1 is 1.40 bits per heavy atom. The zero-order chi connectivity index (χ0) is 15.3. The molecule has 0 aliphatic carbocycles. The molecular weight excluding hydrogens is 263 g/mol. The Balaban J connectivity index is 2.85. The fraction of sp³-hybridized carbons (Fsp3) is 0.429. The van der Waals surface area contributed by atoms with Crippen molar-refractivity contribution in [1.82, 2.24) is 4.90 Å². The van der Waals surface area contributed by atoms with Crippen molar-refractivity contribution in [1.29, 1.82) is 0 Å². The van der Waals surface area contributed by atoms with Gasteiger partial charge in [-0.05, 0) is 23.6 Å². The smallest absolute Gasteiger partial charge is 0.338 e. The van der Waals surface area contributed by atoms with Crippen molar-refractivity contribution in [3.8, 4) is 0 Å². The van der Waals surface area contributed by atoms with E-state index in [-0.39, 0.29) is 12.1 Å². The Morgan fingerprint density at radius 2 is 2.05 bits per heavy atom. The quantitative estimate of drug-likeness (QED) is 0.793.